The number of nitrogens with one attached hydrogen (secondary N) is 2. The second kappa shape index (κ2) is 9.14. The number of aliphatic carboxylic acids is 1. The minimum Gasteiger partial charge on any atom is -0.481 e. The van der Waals surface area contributed by atoms with E-state index in [9.17, 15) is 23.2 Å². The van der Waals surface area contributed by atoms with E-state index in [-0.39, 0.29) is 18.9 Å². The van der Waals surface area contributed by atoms with Crippen molar-refractivity contribution in [2.75, 3.05) is 13.2 Å². The van der Waals surface area contributed by atoms with Crippen molar-refractivity contribution in [1.82, 2.24) is 10.6 Å². The number of hydrogen-bond acceptors (Lipinski definition) is 4. The number of hydrogen-bond donors (Lipinski definition) is 3. The van der Waals surface area contributed by atoms with Crippen molar-refractivity contribution < 1.29 is 33.0 Å². The number of benzene rings is 2. The number of fused-ring (bicyclic) bond motifs is 3. The third kappa shape index (κ3) is 4.31. The van der Waals surface area contributed by atoms with Gasteiger partial charge in [-0.05, 0) is 22.3 Å². The van der Waals surface area contributed by atoms with Crippen molar-refractivity contribution in [2.24, 2.45) is 11.8 Å². The highest BCUT2D eigenvalue weighted by atomic mass is 19.3. The van der Waals surface area contributed by atoms with Gasteiger partial charge in [0.2, 0.25) is 5.91 Å². The summed E-state index contributed by atoms with van der Waals surface area (Å²) < 4.78 is 32.4. The molecule has 1 fully saturated rings. The zero-order valence-corrected chi connectivity index (χ0v) is 18.0. The number of carbonyl (C=O) groups excluding carboxylic acids is 2. The highest BCUT2D eigenvalue weighted by Crippen LogP contribution is 2.54. The van der Waals surface area contributed by atoms with Crippen LogP contribution in [0.2, 0.25) is 0 Å². The lowest BCUT2D eigenvalue weighted by molar-refractivity contribution is -0.141. The van der Waals surface area contributed by atoms with Gasteiger partial charge in [0.05, 0.1) is 5.92 Å². The Bertz CT molecular complexity index is 1130. The normalized spacial score (nSPS) is 20.3. The lowest BCUT2D eigenvalue weighted by atomic mass is 9.98. The van der Waals surface area contributed by atoms with Crippen LogP contribution in [0.15, 0.2) is 48.5 Å². The van der Waals surface area contributed by atoms with E-state index in [2.05, 4.69) is 16.6 Å². The number of halogens is 2. The highest BCUT2D eigenvalue weighted by Gasteiger charge is 2.72. The Morgan fingerprint density at radius 3 is 2.21 bits per heavy atom. The molecule has 0 aliphatic heterocycles. The van der Waals surface area contributed by atoms with Crippen LogP contribution in [0.25, 0.3) is 11.1 Å². The average Bonchev–Trinajstić information content (AvgIpc) is 3.23. The molecule has 7 nitrogen and oxygen atoms in total. The Hall–Kier alpha value is -3.93. The molecule has 2 aromatic carbocycles. The number of terminal acetylenes is 1. The molecule has 2 aliphatic carbocycles. The number of alkyl carbamates (subject to hydrolysis) is 1. The molecular formula is C25H22F2N2O5. The number of carboxylic acid groups (broad SMARTS) is 1. The average molecular weight is 468 g/mol. The number of alkyl halides is 2. The van der Waals surface area contributed by atoms with Gasteiger partial charge in [0.15, 0.2) is 0 Å². The van der Waals surface area contributed by atoms with Crippen molar-refractivity contribution in [3.8, 4) is 23.5 Å². The van der Waals surface area contributed by atoms with Crippen LogP contribution in [0.5, 0.6) is 0 Å². The minimum atomic E-state index is -3.39. The summed E-state index contributed by atoms with van der Waals surface area (Å²) in [5, 5.41) is 13.4. The molecule has 1 saturated carbocycles. The fourth-order valence-electron chi connectivity index (χ4n) is 4.42. The molecule has 0 saturated heterocycles. The first-order valence-corrected chi connectivity index (χ1v) is 10.7. The quantitative estimate of drug-likeness (QED) is 0.517. The van der Waals surface area contributed by atoms with Crippen molar-refractivity contribution in [1.29, 1.82) is 0 Å². The Balaban J connectivity index is 1.34. The van der Waals surface area contributed by atoms with E-state index in [1.54, 1.807) is 0 Å². The Kier molecular flexibility index (Phi) is 6.24. The van der Waals surface area contributed by atoms with Crippen LogP contribution in [0.1, 0.15) is 23.5 Å². The maximum Gasteiger partial charge on any atom is 0.407 e. The number of carbonyl (C=O) groups is 3. The molecule has 3 atom stereocenters. The van der Waals surface area contributed by atoms with Gasteiger partial charge in [-0.2, -0.15) is 0 Å². The summed E-state index contributed by atoms with van der Waals surface area (Å²) >= 11 is 0. The summed E-state index contributed by atoms with van der Waals surface area (Å²) in [6, 6.07) is 14.4. The summed E-state index contributed by atoms with van der Waals surface area (Å²) in [6.07, 6.45) is 4.20. The van der Waals surface area contributed by atoms with E-state index in [4.69, 9.17) is 16.3 Å². The third-order valence-electron chi connectivity index (χ3n) is 6.24. The number of amides is 2. The molecule has 2 amide bonds. The maximum absolute atomic E-state index is 13.5. The maximum atomic E-state index is 13.5. The molecule has 9 heteroatoms. The monoisotopic (exact) mass is 468 g/mol. The van der Waals surface area contributed by atoms with E-state index in [0.29, 0.717) is 0 Å². The predicted octanol–water partition coefficient (Wildman–Crippen LogP) is 3.00. The van der Waals surface area contributed by atoms with E-state index in [1.165, 1.54) is 0 Å². The van der Waals surface area contributed by atoms with Crippen molar-refractivity contribution in [3.63, 3.8) is 0 Å². The minimum absolute atomic E-state index is 0.0266. The zero-order valence-electron chi connectivity index (χ0n) is 18.0. The molecule has 0 heterocycles. The summed E-state index contributed by atoms with van der Waals surface area (Å²) in [6.45, 7) is -0.519. The summed E-state index contributed by atoms with van der Waals surface area (Å²) in [7, 11) is 0. The molecule has 2 aromatic rings. The molecule has 2 aliphatic rings. The van der Waals surface area contributed by atoms with Crippen molar-refractivity contribution in [2.45, 2.75) is 24.3 Å². The number of ether oxygens (including phenoxy) is 1. The van der Waals surface area contributed by atoms with Gasteiger partial charge in [-0.3, -0.25) is 9.59 Å². The van der Waals surface area contributed by atoms with Crippen LogP contribution in [-0.2, 0) is 14.3 Å². The van der Waals surface area contributed by atoms with Gasteiger partial charge in [-0.1, -0.05) is 48.5 Å². The largest absolute Gasteiger partial charge is 0.481 e. The summed E-state index contributed by atoms with van der Waals surface area (Å²) in [5.74, 6) is -7.08. The zero-order chi connectivity index (χ0) is 24.5. The first-order chi connectivity index (χ1) is 16.3. The molecular weight excluding hydrogens is 446 g/mol. The number of rotatable bonds is 8. The molecule has 0 spiro atoms. The smallest absolute Gasteiger partial charge is 0.407 e. The molecule has 4 rings (SSSR count). The Morgan fingerprint density at radius 2 is 1.68 bits per heavy atom. The second-order valence-electron chi connectivity index (χ2n) is 8.27. The van der Waals surface area contributed by atoms with Crippen LogP contribution < -0.4 is 10.6 Å². The van der Waals surface area contributed by atoms with Gasteiger partial charge < -0.3 is 20.5 Å². The van der Waals surface area contributed by atoms with Gasteiger partial charge in [0.25, 0.3) is 5.92 Å². The lowest BCUT2D eigenvalue weighted by Crippen LogP contribution is -2.47. The summed E-state index contributed by atoms with van der Waals surface area (Å²) in [5.41, 5.74) is 4.17. The van der Waals surface area contributed by atoms with Crippen LogP contribution in [-0.4, -0.2) is 48.2 Å². The van der Waals surface area contributed by atoms with Gasteiger partial charge in [0.1, 0.15) is 18.6 Å². The molecule has 34 heavy (non-hydrogen) atoms. The van der Waals surface area contributed by atoms with E-state index in [1.807, 2.05) is 48.5 Å². The van der Waals surface area contributed by atoms with Gasteiger partial charge in [-0.25, -0.2) is 13.6 Å². The van der Waals surface area contributed by atoms with E-state index in [0.717, 1.165) is 22.3 Å². The SMILES string of the molecule is C#CCC(NC(=O)OCC1c2ccccc2-c2ccccc21)C(=O)NCC1C(C(=O)O)C1(F)F. The van der Waals surface area contributed by atoms with E-state index >= 15 is 0 Å². The second-order valence-corrected chi connectivity index (χ2v) is 8.27. The first kappa shape index (κ1) is 23.2. The van der Waals surface area contributed by atoms with Crippen LogP contribution in [0, 0.1) is 24.2 Å². The molecule has 3 unspecified atom stereocenters. The van der Waals surface area contributed by atoms with Crippen LogP contribution in [0.4, 0.5) is 13.6 Å². The van der Waals surface area contributed by atoms with Crippen molar-refractivity contribution >= 4 is 18.0 Å². The molecule has 0 bridgehead atoms. The summed E-state index contributed by atoms with van der Waals surface area (Å²) in [4.78, 5) is 35.7. The molecule has 176 valence electrons. The topological polar surface area (TPSA) is 105 Å². The lowest BCUT2D eigenvalue weighted by Gasteiger charge is -2.18. The first-order valence-electron chi connectivity index (χ1n) is 10.7. The van der Waals surface area contributed by atoms with Gasteiger partial charge >= 0.3 is 12.1 Å². The standard InChI is InChI=1S/C25H22F2N2O5/c1-2-7-20(22(30)28-12-19-21(23(31)32)25(19,26)27)29-24(33)34-13-18-16-10-5-3-8-14(16)15-9-4-6-11-17(15)18/h1,3-6,8-11,18-21H,7,12-13H2,(H,28,30)(H,29,33)(H,31,32). The van der Waals surface area contributed by atoms with Crippen LogP contribution >= 0.6 is 0 Å². The van der Waals surface area contributed by atoms with Gasteiger partial charge in [-0.15, -0.1) is 12.3 Å². The fraction of sp³-hybridized carbons (Fsp3) is 0.320. The fourth-order valence-corrected chi connectivity index (χ4v) is 4.42. The Morgan fingerprint density at radius 1 is 1.09 bits per heavy atom. The predicted molar refractivity (Wildman–Crippen MR) is 118 cm³/mol. The van der Waals surface area contributed by atoms with Gasteiger partial charge in [0, 0.05) is 18.9 Å². The highest BCUT2D eigenvalue weighted by molar-refractivity contribution is 5.86. The molecule has 0 radical (unpaired) electrons. The molecule has 0 aromatic heterocycles. The Labute approximate surface area is 194 Å². The van der Waals surface area contributed by atoms with E-state index < -0.39 is 48.3 Å². The molecule has 3 N–H and O–H groups in total. The third-order valence-corrected chi connectivity index (χ3v) is 6.24. The number of carboxylic acids is 1. The van der Waals surface area contributed by atoms with Crippen molar-refractivity contribution in [3.05, 3.63) is 59.7 Å². The van der Waals surface area contributed by atoms with Crippen LogP contribution in [0.3, 0.4) is 0 Å².